The lowest BCUT2D eigenvalue weighted by Gasteiger charge is -2.22. The summed E-state index contributed by atoms with van der Waals surface area (Å²) in [5, 5.41) is 2.14. The Morgan fingerprint density at radius 2 is 2.15 bits per heavy atom. The van der Waals surface area contributed by atoms with E-state index < -0.39 is 0 Å². The van der Waals surface area contributed by atoms with Gasteiger partial charge in [0.1, 0.15) is 5.82 Å². The molecule has 1 saturated heterocycles. The smallest absolute Gasteiger partial charge is 0.128 e. The van der Waals surface area contributed by atoms with Crippen molar-refractivity contribution in [3.8, 4) is 0 Å². The Balaban J connectivity index is 1.62. The maximum atomic E-state index is 4.64. The molecule has 0 atom stereocenters. The summed E-state index contributed by atoms with van der Waals surface area (Å²) in [5.41, 5.74) is 4.19. The Morgan fingerprint density at radius 1 is 1.20 bits per heavy atom. The van der Waals surface area contributed by atoms with E-state index >= 15 is 0 Å². The second kappa shape index (κ2) is 6.33. The zero-order valence-corrected chi connectivity index (χ0v) is 12.6. The van der Waals surface area contributed by atoms with Crippen molar-refractivity contribution in [2.75, 3.05) is 31.1 Å². The van der Waals surface area contributed by atoms with Crippen molar-refractivity contribution >= 4 is 17.2 Å². The molecule has 0 bridgehead atoms. The summed E-state index contributed by atoms with van der Waals surface area (Å²) in [7, 11) is 0. The van der Waals surface area contributed by atoms with Crippen molar-refractivity contribution in [1.29, 1.82) is 0 Å². The van der Waals surface area contributed by atoms with Crippen molar-refractivity contribution in [3.63, 3.8) is 0 Å². The van der Waals surface area contributed by atoms with E-state index in [0.29, 0.717) is 0 Å². The molecule has 3 rings (SSSR count). The van der Waals surface area contributed by atoms with Crippen LogP contribution >= 0.6 is 11.3 Å². The Morgan fingerprint density at radius 3 is 2.95 bits per heavy atom. The summed E-state index contributed by atoms with van der Waals surface area (Å²) < 4.78 is 0. The van der Waals surface area contributed by atoms with E-state index in [1.165, 1.54) is 12.1 Å². The molecular weight excluding hydrogens is 268 g/mol. The minimum absolute atomic E-state index is 0.971. The first kappa shape index (κ1) is 13.5. The molecular formula is C15H20N4S. The molecule has 0 aliphatic carbocycles. The predicted molar refractivity (Wildman–Crippen MR) is 83.2 cm³/mol. The highest BCUT2D eigenvalue weighted by atomic mass is 32.1. The Hall–Kier alpha value is -1.46. The number of thiazole rings is 1. The van der Waals surface area contributed by atoms with Gasteiger partial charge in [-0.3, -0.25) is 4.90 Å². The second-order valence-electron chi connectivity index (χ2n) is 5.23. The minimum atomic E-state index is 0.971. The third kappa shape index (κ3) is 3.35. The van der Waals surface area contributed by atoms with Crippen LogP contribution in [0.1, 0.15) is 17.8 Å². The quantitative estimate of drug-likeness (QED) is 0.869. The average molecular weight is 288 g/mol. The molecule has 0 unspecified atom stereocenters. The Labute approximate surface area is 124 Å². The van der Waals surface area contributed by atoms with Crippen molar-refractivity contribution in [1.82, 2.24) is 14.9 Å². The van der Waals surface area contributed by atoms with E-state index in [-0.39, 0.29) is 0 Å². The first-order valence-electron chi connectivity index (χ1n) is 7.09. The molecule has 2 aromatic heterocycles. The third-order valence-electron chi connectivity index (χ3n) is 3.66. The zero-order chi connectivity index (χ0) is 13.8. The van der Waals surface area contributed by atoms with Crippen LogP contribution in [-0.2, 0) is 6.54 Å². The summed E-state index contributed by atoms with van der Waals surface area (Å²) in [6, 6.07) is 6.26. The SMILES string of the molecule is Cc1cccc(N2CCCN(Cc3cscn3)CC2)n1. The molecule has 1 aliphatic heterocycles. The highest BCUT2D eigenvalue weighted by Crippen LogP contribution is 2.15. The van der Waals surface area contributed by atoms with Crippen LogP contribution in [0.5, 0.6) is 0 Å². The summed E-state index contributed by atoms with van der Waals surface area (Å²) in [6.45, 7) is 7.37. The summed E-state index contributed by atoms with van der Waals surface area (Å²) in [5.74, 6) is 1.11. The van der Waals surface area contributed by atoms with Crippen LogP contribution in [0.25, 0.3) is 0 Å². The molecule has 4 nitrogen and oxygen atoms in total. The molecule has 0 radical (unpaired) electrons. The van der Waals surface area contributed by atoms with Crippen molar-refractivity contribution < 1.29 is 0 Å². The Kier molecular flexibility index (Phi) is 4.28. The average Bonchev–Trinajstić information content (AvgIpc) is 2.84. The first-order chi connectivity index (χ1) is 9.81. The van der Waals surface area contributed by atoms with Gasteiger partial charge in [0.05, 0.1) is 11.2 Å². The van der Waals surface area contributed by atoms with E-state index in [1.807, 2.05) is 5.51 Å². The number of anilines is 1. The minimum Gasteiger partial charge on any atom is -0.355 e. The van der Waals surface area contributed by atoms with Gasteiger partial charge in [-0.15, -0.1) is 11.3 Å². The molecule has 2 aromatic rings. The first-order valence-corrected chi connectivity index (χ1v) is 8.03. The summed E-state index contributed by atoms with van der Waals surface area (Å²) >= 11 is 1.67. The van der Waals surface area contributed by atoms with Crippen LogP contribution in [0.2, 0.25) is 0 Å². The van der Waals surface area contributed by atoms with Crippen LogP contribution in [-0.4, -0.2) is 41.0 Å². The highest BCUT2D eigenvalue weighted by Gasteiger charge is 2.16. The van der Waals surface area contributed by atoms with Gasteiger partial charge in [-0.05, 0) is 25.5 Å². The van der Waals surface area contributed by atoms with E-state index in [9.17, 15) is 0 Å². The monoisotopic (exact) mass is 288 g/mol. The standard InChI is InChI=1S/C15H20N4S/c1-13-4-2-5-15(17-13)19-7-3-6-18(8-9-19)10-14-11-20-12-16-14/h2,4-5,11-12H,3,6-10H2,1H3. The molecule has 106 valence electrons. The predicted octanol–water partition coefficient (Wildman–Crippen LogP) is 2.56. The fourth-order valence-corrected chi connectivity index (χ4v) is 3.16. The lowest BCUT2D eigenvalue weighted by molar-refractivity contribution is 0.282. The third-order valence-corrected chi connectivity index (χ3v) is 4.29. The molecule has 1 fully saturated rings. The molecule has 0 N–H and O–H groups in total. The number of nitrogens with zero attached hydrogens (tertiary/aromatic N) is 4. The molecule has 0 saturated carbocycles. The van der Waals surface area contributed by atoms with Crippen LogP contribution in [0.4, 0.5) is 5.82 Å². The molecule has 0 aromatic carbocycles. The van der Waals surface area contributed by atoms with Gasteiger partial charge in [0.2, 0.25) is 0 Å². The van der Waals surface area contributed by atoms with Gasteiger partial charge in [-0.1, -0.05) is 6.07 Å². The van der Waals surface area contributed by atoms with Crippen LogP contribution in [0, 0.1) is 6.92 Å². The van der Waals surface area contributed by atoms with Crippen molar-refractivity contribution in [2.24, 2.45) is 0 Å². The van der Waals surface area contributed by atoms with Gasteiger partial charge in [-0.2, -0.15) is 0 Å². The number of pyridine rings is 1. The van der Waals surface area contributed by atoms with Gasteiger partial charge in [0, 0.05) is 43.8 Å². The molecule has 5 heteroatoms. The number of rotatable bonds is 3. The van der Waals surface area contributed by atoms with E-state index in [0.717, 1.165) is 44.2 Å². The van der Waals surface area contributed by atoms with Crippen LogP contribution in [0.15, 0.2) is 29.1 Å². The fraction of sp³-hybridized carbons (Fsp3) is 0.467. The molecule has 1 aliphatic rings. The summed E-state index contributed by atoms with van der Waals surface area (Å²) in [4.78, 5) is 13.9. The zero-order valence-electron chi connectivity index (χ0n) is 11.8. The molecule has 0 amide bonds. The molecule has 20 heavy (non-hydrogen) atoms. The number of hydrogen-bond acceptors (Lipinski definition) is 5. The van der Waals surface area contributed by atoms with Crippen LogP contribution in [0.3, 0.4) is 0 Å². The topological polar surface area (TPSA) is 32.3 Å². The maximum Gasteiger partial charge on any atom is 0.128 e. The van der Waals surface area contributed by atoms with Gasteiger partial charge in [0.25, 0.3) is 0 Å². The van der Waals surface area contributed by atoms with Crippen LogP contribution < -0.4 is 4.90 Å². The van der Waals surface area contributed by atoms with E-state index in [1.54, 1.807) is 11.3 Å². The van der Waals surface area contributed by atoms with Gasteiger partial charge in [-0.25, -0.2) is 9.97 Å². The summed E-state index contributed by atoms with van der Waals surface area (Å²) in [6.07, 6.45) is 1.18. The highest BCUT2D eigenvalue weighted by molar-refractivity contribution is 7.07. The van der Waals surface area contributed by atoms with E-state index in [4.69, 9.17) is 0 Å². The molecule has 0 spiro atoms. The lowest BCUT2D eigenvalue weighted by atomic mass is 10.3. The van der Waals surface area contributed by atoms with E-state index in [2.05, 4.69) is 50.3 Å². The normalized spacial score (nSPS) is 17.1. The molecule has 3 heterocycles. The van der Waals surface area contributed by atoms with Gasteiger partial charge in [0.15, 0.2) is 0 Å². The van der Waals surface area contributed by atoms with Gasteiger partial charge >= 0.3 is 0 Å². The lowest BCUT2D eigenvalue weighted by Crippen LogP contribution is -2.31. The second-order valence-corrected chi connectivity index (χ2v) is 5.95. The van der Waals surface area contributed by atoms with Crippen molar-refractivity contribution in [2.45, 2.75) is 19.9 Å². The largest absolute Gasteiger partial charge is 0.355 e. The number of aromatic nitrogens is 2. The van der Waals surface area contributed by atoms with Gasteiger partial charge < -0.3 is 4.90 Å². The number of aryl methyl sites for hydroxylation is 1. The maximum absolute atomic E-state index is 4.64. The van der Waals surface area contributed by atoms with Crippen molar-refractivity contribution in [3.05, 3.63) is 40.5 Å². The Bertz CT molecular complexity index is 541. The fourth-order valence-electron chi connectivity index (χ4n) is 2.61. The number of hydrogen-bond donors (Lipinski definition) is 0.